The lowest BCUT2D eigenvalue weighted by Gasteiger charge is -2.11. The van der Waals surface area contributed by atoms with Crippen molar-refractivity contribution in [1.29, 1.82) is 0 Å². The normalized spacial score (nSPS) is 22.3. The highest BCUT2D eigenvalue weighted by Gasteiger charge is 2.17. The van der Waals surface area contributed by atoms with E-state index >= 15 is 0 Å². The molecule has 0 aromatic heterocycles. The van der Waals surface area contributed by atoms with E-state index in [2.05, 4.69) is 10.6 Å². The molecule has 1 amide bonds. The number of hydrogen-bond donors (Lipinski definition) is 3. The minimum Gasteiger partial charge on any atom is -0.480 e. The number of carboxylic acids is 1. The Kier molecular flexibility index (Phi) is 4.55. The lowest BCUT2D eigenvalue weighted by molar-refractivity contribution is -0.141. The summed E-state index contributed by atoms with van der Waals surface area (Å²) < 4.78 is 0. The molecule has 0 saturated carbocycles. The molecule has 0 bridgehead atoms. The van der Waals surface area contributed by atoms with Crippen molar-refractivity contribution in [1.82, 2.24) is 10.6 Å². The topological polar surface area (TPSA) is 78.4 Å². The molecule has 0 aliphatic carbocycles. The third kappa shape index (κ3) is 4.29. The molecule has 15 heavy (non-hydrogen) atoms. The summed E-state index contributed by atoms with van der Waals surface area (Å²) in [5.41, 5.74) is 0. The van der Waals surface area contributed by atoms with Crippen LogP contribution in [0.3, 0.4) is 0 Å². The van der Waals surface area contributed by atoms with E-state index in [4.69, 9.17) is 5.11 Å². The number of carbonyl (C=O) groups is 2. The van der Waals surface area contributed by atoms with Crippen LogP contribution in [0.4, 0.5) is 0 Å². The fraction of sp³-hybridized carbons (Fsp3) is 0.800. The molecule has 5 nitrogen and oxygen atoms in total. The highest BCUT2D eigenvalue weighted by atomic mass is 16.4. The molecule has 5 heteroatoms. The van der Waals surface area contributed by atoms with Crippen LogP contribution in [0, 0.1) is 5.92 Å². The number of rotatable bonds is 5. The number of carbonyl (C=O) groups excluding carboxylic acids is 1. The zero-order valence-corrected chi connectivity index (χ0v) is 8.95. The van der Waals surface area contributed by atoms with Crippen LogP contribution in [0.25, 0.3) is 0 Å². The van der Waals surface area contributed by atoms with E-state index in [1.54, 1.807) is 0 Å². The smallest absolute Gasteiger partial charge is 0.325 e. The van der Waals surface area contributed by atoms with Crippen LogP contribution in [0.5, 0.6) is 0 Å². The van der Waals surface area contributed by atoms with Crippen LogP contribution in [0.15, 0.2) is 0 Å². The lowest BCUT2D eigenvalue weighted by Crippen LogP contribution is -2.38. The molecule has 2 atom stereocenters. The van der Waals surface area contributed by atoms with E-state index in [1.807, 2.05) is 0 Å². The zero-order valence-electron chi connectivity index (χ0n) is 8.95. The fourth-order valence-corrected chi connectivity index (χ4v) is 1.67. The summed E-state index contributed by atoms with van der Waals surface area (Å²) in [4.78, 5) is 21.8. The van der Waals surface area contributed by atoms with Gasteiger partial charge in [0, 0.05) is 6.42 Å². The second kappa shape index (κ2) is 5.70. The molecule has 0 radical (unpaired) electrons. The van der Waals surface area contributed by atoms with E-state index in [0.29, 0.717) is 12.3 Å². The third-order valence-electron chi connectivity index (χ3n) is 2.69. The van der Waals surface area contributed by atoms with Crippen molar-refractivity contribution in [3.63, 3.8) is 0 Å². The largest absolute Gasteiger partial charge is 0.480 e. The first kappa shape index (κ1) is 12.0. The van der Waals surface area contributed by atoms with Gasteiger partial charge < -0.3 is 15.7 Å². The molecule has 0 spiro atoms. The molecule has 1 aliphatic rings. The van der Waals surface area contributed by atoms with Crippen molar-refractivity contribution in [2.45, 2.75) is 32.2 Å². The van der Waals surface area contributed by atoms with Gasteiger partial charge in [0.1, 0.15) is 6.04 Å². The van der Waals surface area contributed by atoms with Gasteiger partial charge in [-0.15, -0.1) is 0 Å². The molecule has 1 heterocycles. The molecule has 1 fully saturated rings. The first-order valence-electron chi connectivity index (χ1n) is 5.32. The van der Waals surface area contributed by atoms with Crippen molar-refractivity contribution < 1.29 is 14.7 Å². The molecule has 0 aromatic rings. The van der Waals surface area contributed by atoms with Crippen LogP contribution in [-0.4, -0.2) is 36.1 Å². The lowest BCUT2D eigenvalue weighted by atomic mass is 10.0. The summed E-state index contributed by atoms with van der Waals surface area (Å²) in [6, 6.07) is -0.792. The predicted molar refractivity (Wildman–Crippen MR) is 55.5 cm³/mol. The highest BCUT2D eigenvalue weighted by Crippen LogP contribution is 2.13. The average molecular weight is 214 g/mol. The van der Waals surface area contributed by atoms with Crippen LogP contribution < -0.4 is 10.6 Å². The van der Waals surface area contributed by atoms with Gasteiger partial charge in [-0.1, -0.05) is 0 Å². The maximum absolute atomic E-state index is 11.3. The van der Waals surface area contributed by atoms with E-state index in [1.165, 1.54) is 6.92 Å². The number of carboxylic acid groups (broad SMARTS) is 1. The Hall–Kier alpha value is -1.10. The second-order valence-electron chi connectivity index (χ2n) is 4.02. The van der Waals surface area contributed by atoms with E-state index < -0.39 is 12.0 Å². The van der Waals surface area contributed by atoms with Crippen molar-refractivity contribution in [2.24, 2.45) is 5.92 Å². The third-order valence-corrected chi connectivity index (χ3v) is 2.69. The first-order valence-corrected chi connectivity index (χ1v) is 5.32. The van der Waals surface area contributed by atoms with Crippen LogP contribution in [0.2, 0.25) is 0 Å². The molecule has 1 rings (SSSR count). The zero-order chi connectivity index (χ0) is 11.3. The molecular weight excluding hydrogens is 196 g/mol. The van der Waals surface area contributed by atoms with Crippen molar-refractivity contribution in [3.8, 4) is 0 Å². The number of aliphatic carboxylic acids is 1. The van der Waals surface area contributed by atoms with Crippen molar-refractivity contribution >= 4 is 11.9 Å². The second-order valence-corrected chi connectivity index (χ2v) is 4.02. The minimum absolute atomic E-state index is 0.170. The molecule has 86 valence electrons. The summed E-state index contributed by atoms with van der Waals surface area (Å²) in [5.74, 6) is -0.599. The Morgan fingerprint density at radius 1 is 1.60 bits per heavy atom. The molecule has 0 aromatic carbocycles. The van der Waals surface area contributed by atoms with E-state index in [0.717, 1.165) is 25.9 Å². The fourth-order valence-electron chi connectivity index (χ4n) is 1.67. The van der Waals surface area contributed by atoms with Gasteiger partial charge in [0.25, 0.3) is 0 Å². The average Bonchev–Trinajstić information content (AvgIpc) is 2.66. The number of amides is 1. The summed E-state index contributed by atoms with van der Waals surface area (Å²) in [6.45, 7) is 3.47. The molecular formula is C10H18N2O3. The van der Waals surface area contributed by atoms with Gasteiger partial charge in [0.15, 0.2) is 0 Å². The quantitative estimate of drug-likeness (QED) is 0.600. The summed E-state index contributed by atoms with van der Waals surface area (Å²) in [6.07, 6.45) is 2.37. The van der Waals surface area contributed by atoms with Gasteiger partial charge in [0.2, 0.25) is 5.91 Å². The monoisotopic (exact) mass is 214 g/mol. The summed E-state index contributed by atoms with van der Waals surface area (Å²) in [7, 11) is 0. The maximum Gasteiger partial charge on any atom is 0.325 e. The van der Waals surface area contributed by atoms with Crippen LogP contribution >= 0.6 is 0 Å². The van der Waals surface area contributed by atoms with Crippen LogP contribution in [-0.2, 0) is 9.59 Å². The van der Waals surface area contributed by atoms with Crippen LogP contribution in [0.1, 0.15) is 26.2 Å². The van der Waals surface area contributed by atoms with Gasteiger partial charge in [-0.05, 0) is 38.8 Å². The highest BCUT2D eigenvalue weighted by molar-refractivity contribution is 5.83. The summed E-state index contributed by atoms with van der Waals surface area (Å²) >= 11 is 0. The standard InChI is InChI=1S/C10H18N2O3/c1-7(10(14)15)12-9(13)3-2-8-4-5-11-6-8/h7-8,11H,2-6H2,1H3,(H,12,13)(H,14,15). The Labute approximate surface area is 89.2 Å². The maximum atomic E-state index is 11.3. The molecule has 2 unspecified atom stereocenters. The van der Waals surface area contributed by atoms with Gasteiger partial charge in [-0.25, -0.2) is 0 Å². The van der Waals surface area contributed by atoms with Gasteiger partial charge in [0.05, 0.1) is 0 Å². The Morgan fingerprint density at radius 3 is 2.87 bits per heavy atom. The predicted octanol–water partition coefficient (Wildman–Crippen LogP) is -0.0346. The first-order chi connectivity index (χ1) is 7.09. The van der Waals surface area contributed by atoms with Gasteiger partial charge >= 0.3 is 5.97 Å². The Balaban J connectivity index is 2.15. The Morgan fingerprint density at radius 2 is 2.33 bits per heavy atom. The van der Waals surface area contributed by atoms with Crippen molar-refractivity contribution in [3.05, 3.63) is 0 Å². The van der Waals surface area contributed by atoms with E-state index in [-0.39, 0.29) is 5.91 Å². The van der Waals surface area contributed by atoms with Gasteiger partial charge in [-0.3, -0.25) is 9.59 Å². The molecule has 1 aliphatic heterocycles. The Bertz CT molecular complexity index is 237. The molecule has 3 N–H and O–H groups in total. The van der Waals surface area contributed by atoms with Crippen molar-refractivity contribution in [2.75, 3.05) is 13.1 Å². The van der Waals surface area contributed by atoms with Gasteiger partial charge in [-0.2, -0.15) is 0 Å². The number of hydrogen-bond acceptors (Lipinski definition) is 3. The summed E-state index contributed by atoms with van der Waals surface area (Å²) in [5, 5.41) is 14.3. The SMILES string of the molecule is CC(NC(=O)CCC1CCNC1)C(=O)O. The van der Waals surface area contributed by atoms with E-state index in [9.17, 15) is 9.59 Å². The molecule has 1 saturated heterocycles. The number of nitrogens with one attached hydrogen (secondary N) is 2. The minimum atomic E-state index is -0.995.